The summed E-state index contributed by atoms with van der Waals surface area (Å²) in [6, 6.07) is 0. The molecule has 0 aromatic rings. The van der Waals surface area contributed by atoms with E-state index in [0.29, 0.717) is 26.4 Å². The zero-order chi connectivity index (χ0) is 25.8. The van der Waals surface area contributed by atoms with Crippen LogP contribution in [0.1, 0.15) is 109 Å². The minimum absolute atomic E-state index is 0.513. The Hall–Kier alpha value is -0.103. The fourth-order valence-electron chi connectivity index (χ4n) is 2.84. The van der Waals surface area contributed by atoms with E-state index >= 15 is 0 Å². The Labute approximate surface area is 204 Å². The van der Waals surface area contributed by atoms with Crippen molar-refractivity contribution in [2.75, 3.05) is 26.4 Å². The molecule has 0 aliphatic carbocycles. The molecule has 8 nitrogen and oxygen atoms in total. The Balaban J connectivity index is 6.34. The summed E-state index contributed by atoms with van der Waals surface area (Å²) in [6.45, 7) is 24.8. The number of hydrogen-bond donors (Lipinski definition) is 0. The fraction of sp³-hybridized carbons (Fsp3) is 1.00. The van der Waals surface area contributed by atoms with Crippen molar-refractivity contribution < 1.29 is 36.7 Å². The van der Waals surface area contributed by atoms with Gasteiger partial charge in [0, 0.05) is 26.4 Å². The minimum Gasteiger partial charge on any atom is -0.351 e. The number of hydrogen-bond acceptors (Lipinski definition) is 8. The number of ether oxygens (including phenoxy) is 4. The molecule has 0 atom stereocenters. The Morgan fingerprint density at radius 1 is 0.394 bits per heavy atom. The monoisotopic (exact) mass is 496 g/mol. The van der Waals surface area contributed by atoms with Gasteiger partial charge in [-0.1, -0.05) is 27.7 Å². The highest BCUT2D eigenvalue weighted by Gasteiger charge is 2.60. The van der Waals surface area contributed by atoms with Crippen molar-refractivity contribution in [1.82, 2.24) is 0 Å². The van der Waals surface area contributed by atoms with Crippen LogP contribution in [0, 0.1) is 0 Å². The molecule has 200 valence electrons. The molecule has 33 heavy (non-hydrogen) atoms. The van der Waals surface area contributed by atoms with Gasteiger partial charge >= 0.3 is 9.05 Å². The van der Waals surface area contributed by atoms with Gasteiger partial charge in [-0.3, -0.25) is 0 Å². The van der Waals surface area contributed by atoms with Gasteiger partial charge in [-0.25, -0.2) is 0 Å². The molecule has 0 aliphatic rings. The Bertz CT molecular complexity index is 429. The molecule has 0 bridgehead atoms. The van der Waals surface area contributed by atoms with Crippen LogP contribution in [0.3, 0.4) is 0 Å². The van der Waals surface area contributed by atoms with Crippen LogP contribution in [-0.2, 0) is 36.7 Å². The maximum absolute atomic E-state index is 6.49. The first-order valence-electron chi connectivity index (χ1n) is 12.4. The maximum Gasteiger partial charge on any atom is 0.688 e. The molecular formula is C24H52O8Si. The molecule has 0 saturated heterocycles. The normalized spacial score (nSPS) is 14.2. The molecule has 0 rings (SSSR count). The van der Waals surface area contributed by atoms with E-state index in [4.69, 9.17) is 36.7 Å². The first-order chi connectivity index (χ1) is 15.1. The molecule has 9 heteroatoms. The van der Waals surface area contributed by atoms with Gasteiger partial charge in [-0.15, -0.1) is 0 Å². The molecule has 0 aliphatic heterocycles. The summed E-state index contributed by atoms with van der Waals surface area (Å²) in [5, 5.41) is 0. The van der Waals surface area contributed by atoms with Crippen LogP contribution < -0.4 is 0 Å². The van der Waals surface area contributed by atoms with E-state index in [1.165, 1.54) is 0 Å². The summed E-state index contributed by atoms with van der Waals surface area (Å²) in [6.07, 6.45) is 3.35. The van der Waals surface area contributed by atoms with Crippen LogP contribution in [0.4, 0.5) is 0 Å². The summed E-state index contributed by atoms with van der Waals surface area (Å²) in [5.41, 5.74) is 0. The van der Waals surface area contributed by atoms with Crippen molar-refractivity contribution in [2.24, 2.45) is 0 Å². The lowest BCUT2D eigenvalue weighted by molar-refractivity contribution is -0.309. The van der Waals surface area contributed by atoms with Gasteiger partial charge in [0.1, 0.15) is 0 Å². The second-order valence-electron chi connectivity index (χ2n) is 9.90. The summed E-state index contributed by atoms with van der Waals surface area (Å²) < 4.78 is 49.8. The average molecular weight is 497 g/mol. The zero-order valence-corrected chi connectivity index (χ0v) is 24.4. The van der Waals surface area contributed by atoms with Gasteiger partial charge in [0.05, 0.1) is 0 Å². The van der Waals surface area contributed by atoms with Gasteiger partial charge in [0.2, 0.25) is 0 Å². The molecule has 0 aromatic heterocycles. The van der Waals surface area contributed by atoms with E-state index in [1.54, 1.807) is 0 Å². The van der Waals surface area contributed by atoms with Crippen molar-refractivity contribution in [1.29, 1.82) is 0 Å². The first-order valence-corrected chi connectivity index (χ1v) is 14.1. The third-order valence-corrected chi connectivity index (χ3v) is 7.06. The van der Waals surface area contributed by atoms with Gasteiger partial charge in [-0.05, 0) is 81.1 Å². The largest absolute Gasteiger partial charge is 0.688 e. The maximum atomic E-state index is 6.49. The van der Waals surface area contributed by atoms with Gasteiger partial charge < -0.3 is 36.7 Å². The molecule has 0 fully saturated rings. The molecule has 0 saturated carbocycles. The lowest BCUT2D eigenvalue weighted by Gasteiger charge is -2.45. The predicted octanol–water partition coefficient (Wildman–Crippen LogP) is 6.14. The highest BCUT2D eigenvalue weighted by atomic mass is 28.4. The van der Waals surface area contributed by atoms with E-state index in [2.05, 4.69) is 0 Å². The third kappa shape index (κ3) is 14.8. The second kappa shape index (κ2) is 14.5. The summed E-state index contributed by atoms with van der Waals surface area (Å²) in [4.78, 5) is 0. The van der Waals surface area contributed by atoms with Crippen LogP contribution in [-0.4, -0.2) is 58.6 Å². The summed E-state index contributed by atoms with van der Waals surface area (Å²) in [7, 11) is -4.04. The highest BCUT2D eigenvalue weighted by molar-refractivity contribution is 6.54. The van der Waals surface area contributed by atoms with Crippen LogP contribution in [0.15, 0.2) is 0 Å². The van der Waals surface area contributed by atoms with E-state index in [-0.39, 0.29) is 0 Å². The van der Waals surface area contributed by atoms with Crippen molar-refractivity contribution in [2.45, 2.75) is 132 Å². The van der Waals surface area contributed by atoms with Crippen LogP contribution in [0.5, 0.6) is 0 Å². The quantitative estimate of drug-likeness (QED) is 0.147. The summed E-state index contributed by atoms with van der Waals surface area (Å²) in [5.74, 6) is -4.20. The van der Waals surface area contributed by atoms with Gasteiger partial charge in [-0.2, -0.15) is 0 Å². The minimum atomic E-state index is -4.04. The molecule has 0 amide bonds. The molecular weight excluding hydrogens is 444 g/mol. The van der Waals surface area contributed by atoms with Gasteiger partial charge in [0.25, 0.3) is 0 Å². The highest BCUT2D eigenvalue weighted by Crippen LogP contribution is 2.35. The molecule has 0 aromatic carbocycles. The Kier molecular flexibility index (Phi) is 14.4. The van der Waals surface area contributed by atoms with Crippen molar-refractivity contribution in [3.63, 3.8) is 0 Å². The topological polar surface area (TPSA) is 73.8 Å². The second-order valence-corrected chi connectivity index (χ2v) is 11.7. The molecule has 0 heterocycles. The van der Waals surface area contributed by atoms with Crippen molar-refractivity contribution >= 4 is 9.05 Å². The Morgan fingerprint density at radius 3 is 0.727 bits per heavy atom. The van der Waals surface area contributed by atoms with Crippen LogP contribution >= 0.6 is 0 Å². The van der Waals surface area contributed by atoms with Crippen LogP contribution in [0.25, 0.3) is 0 Å². The standard InChI is InChI=1S/C24H52O8Si/c1-13-17-25-21(5,6)29-33(30-22(7,8)26-18-14-2,31-23(9,10)27-19-15-3)32-24(11,12)28-20-16-4/h13-20H2,1-12H3. The molecule has 0 unspecified atom stereocenters. The van der Waals surface area contributed by atoms with E-state index in [0.717, 1.165) is 25.7 Å². The Morgan fingerprint density at radius 2 is 0.576 bits per heavy atom. The van der Waals surface area contributed by atoms with E-state index in [1.807, 2.05) is 83.1 Å². The lowest BCUT2D eigenvalue weighted by Crippen LogP contribution is -2.64. The third-order valence-electron chi connectivity index (χ3n) is 4.10. The van der Waals surface area contributed by atoms with Crippen LogP contribution in [0.2, 0.25) is 0 Å². The molecule has 0 N–H and O–H groups in total. The van der Waals surface area contributed by atoms with E-state index in [9.17, 15) is 0 Å². The molecule has 0 spiro atoms. The number of rotatable bonds is 20. The van der Waals surface area contributed by atoms with Crippen molar-refractivity contribution in [3.8, 4) is 0 Å². The zero-order valence-electron chi connectivity index (χ0n) is 23.4. The summed E-state index contributed by atoms with van der Waals surface area (Å²) >= 11 is 0. The predicted molar refractivity (Wildman–Crippen MR) is 131 cm³/mol. The SMILES string of the molecule is CCCOC(C)(C)O[Si](OC(C)(C)OCCC)(OC(C)(C)OCCC)OC(C)(C)OCCC. The first kappa shape index (κ1) is 32.9. The lowest BCUT2D eigenvalue weighted by atomic mass is 10.4. The average Bonchev–Trinajstić information content (AvgIpc) is 2.66. The smallest absolute Gasteiger partial charge is 0.351 e. The molecule has 0 radical (unpaired) electrons. The van der Waals surface area contributed by atoms with Crippen molar-refractivity contribution in [3.05, 3.63) is 0 Å². The van der Waals surface area contributed by atoms with Gasteiger partial charge in [0.15, 0.2) is 23.1 Å². The van der Waals surface area contributed by atoms with E-state index < -0.39 is 32.2 Å². The fourth-order valence-corrected chi connectivity index (χ4v) is 5.73.